The van der Waals surface area contributed by atoms with Crippen LogP contribution in [0.1, 0.15) is 62.5 Å². The molecule has 2 bridgehead atoms. The van der Waals surface area contributed by atoms with Gasteiger partial charge in [0.1, 0.15) is 11.6 Å². The molecule has 3 aromatic carbocycles. The van der Waals surface area contributed by atoms with Crippen molar-refractivity contribution >= 4 is 24.1 Å². The van der Waals surface area contributed by atoms with E-state index in [0.717, 1.165) is 21.6 Å². The molecule has 3 heterocycles. The zero-order chi connectivity index (χ0) is 29.4. The molecule has 1 aromatic heterocycles. The van der Waals surface area contributed by atoms with Gasteiger partial charge in [-0.1, -0.05) is 43.3 Å². The fraction of sp³-hybridized carbons (Fsp3) is 0.310. The Balaban J connectivity index is 1.52. The van der Waals surface area contributed by atoms with Crippen molar-refractivity contribution in [2.75, 3.05) is 20.3 Å². The van der Waals surface area contributed by atoms with Crippen LogP contribution in [0, 0.1) is 0 Å². The van der Waals surface area contributed by atoms with Gasteiger partial charge in [-0.05, 0) is 54.3 Å². The van der Waals surface area contributed by atoms with Crippen molar-refractivity contribution in [2.24, 2.45) is 0 Å². The van der Waals surface area contributed by atoms with Gasteiger partial charge < -0.3 is 18.8 Å². The van der Waals surface area contributed by atoms with Gasteiger partial charge in [0.15, 0.2) is 0 Å². The summed E-state index contributed by atoms with van der Waals surface area (Å²) in [6.45, 7) is -0.410. The van der Waals surface area contributed by atoms with Gasteiger partial charge in [-0.25, -0.2) is 4.98 Å². The Morgan fingerprint density at radius 2 is 1.82 bits per heavy atom. The van der Waals surface area contributed by atoms with Crippen molar-refractivity contribution in [1.29, 1.82) is 0 Å². The van der Waals surface area contributed by atoms with Crippen molar-refractivity contribution in [3.8, 4) is 16.9 Å². The number of hydrogen-bond donors (Lipinski definition) is 0. The predicted octanol–water partition coefficient (Wildman–Crippen LogP) is 7.11. The number of alkyl halides is 2. The van der Waals surface area contributed by atoms with E-state index in [2.05, 4.69) is 0 Å². The summed E-state index contributed by atoms with van der Waals surface area (Å²) in [7, 11) is -2.31. The molecule has 2 aliphatic rings. The van der Waals surface area contributed by atoms with E-state index in [1.807, 2.05) is 54.0 Å². The molecule has 9 heteroatoms. The summed E-state index contributed by atoms with van der Waals surface area (Å²) in [5.74, 6) is -0.555. The Bertz CT molecular complexity index is 1730. The molecule has 6 rings (SSSR count). The van der Waals surface area contributed by atoms with E-state index in [1.54, 1.807) is 13.3 Å². The van der Waals surface area contributed by atoms with Gasteiger partial charge in [-0.15, -0.1) is 0 Å². The molecular formula is C29H28F2N3O3P. The number of aromatic nitrogens is 2. The highest BCUT2D eigenvalue weighted by atomic mass is 31.2. The molecular weight excluding hydrogens is 507 g/mol. The van der Waals surface area contributed by atoms with Gasteiger partial charge >= 0.3 is 6.61 Å². The Hall–Kier alpha value is -3.51. The minimum atomic E-state index is -3.12. The fourth-order valence-corrected chi connectivity index (χ4v) is 6.49. The summed E-state index contributed by atoms with van der Waals surface area (Å²) in [4.78, 5) is 19.2. The first kappa shape index (κ1) is 21.4. The van der Waals surface area contributed by atoms with Gasteiger partial charge in [0.05, 0.1) is 30.3 Å². The number of ether oxygens (including phenoxy) is 1. The van der Waals surface area contributed by atoms with Gasteiger partial charge in [-0.2, -0.15) is 8.78 Å². The van der Waals surface area contributed by atoms with Gasteiger partial charge in [0, 0.05) is 34.3 Å². The van der Waals surface area contributed by atoms with E-state index >= 15 is 0 Å². The third kappa shape index (κ3) is 3.85. The van der Waals surface area contributed by atoms with Crippen LogP contribution in [-0.2, 0) is 4.57 Å². The molecule has 4 aromatic rings. The number of benzene rings is 3. The number of amides is 1. The maximum absolute atomic E-state index is 13.6. The Kier molecular flexibility index (Phi) is 4.95. The number of carbonyl (C=O) groups excluding carboxylic acids is 1. The van der Waals surface area contributed by atoms with Crippen molar-refractivity contribution in [3.05, 3.63) is 83.2 Å². The van der Waals surface area contributed by atoms with E-state index in [-0.39, 0.29) is 29.0 Å². The summed E-state index contributed by atoms with van der Waals surface area (Å²) in [6.07, 6.45) is 0.157. The molecule has 3 atom stereocenters. The van der Waals surface area contributed by atoms with Gasteiger partial charge in [-0.3, -0.25) is 4.79 Å². The maximum atomic E-state index is 13.6. The summed E-state index contributed by atoms with van der Waals surface area (Å²) >= 11 is 0. The molecule has 0 radical (unpaired) electrons. The smallest absolute Gasteiger partial charge is 0.387 e. The standard InChI is InChI=1S/C29H28F2N3O3P/c1-16(38(3,4)36)17-8-10-18(11-9-17)19-12-13-21-22(14-19)34-23-15-24(27(34)32-21)33(2)28(35)20-6-5-7-25(26(20)23)37-29(30)31/h5-14,16,23-24,29H,15H2,1-4H3/t16-,23+,24+/m0/s1/i2D3. The van der Waals surface area contributed by atoms with Crippen LogP contribution in [0.4, 0.5) is 8.78 Å². The van der Waals surface area contributed by atoms with Gasteiger partial charge in [0.25, 0.3) is 5.91 Å². The van der Waals surface area contributed by atoms with E-state index in [1.165, 1.54) is 18.2 Å². The third-order valence-corrected chi connectivity index (χ3v) is 9.97. The largest absolute Gasteiger partial charge is 0.434 e. The SMILES string of the molecule is [2H]C([2H])([2H])N1C(=O)c2cccc(OC(F)F)c2[C@H]2C[C@@H]1c1nc3ccc(-c4ccc([C@H](C)P(C)(C)=O)cc4)cc3n12. The van der Waals surface area contributed by atoms with Crippen LogP contribution in [0.25, 0.3) is 22.2 Å². The van der Waals surface area contributed by atoms with E-state index < -0.39 is 38.7 Å². The fourth-order valence-electron chi connectivity index (χ4n) is 5.60. The lowest BCUT2D eigenvalue weighted by Crippen LogP contribution is -2.30. The highest BCUT2D eigenvalue weighted by molar-refractivity contribution is 7.62. The Morgan fingerprint density at radius 3 is 2.50 bits per heavy atom. The molecule has 2 aliphatic heterocycles. The predicted molar refractivity (Wildman–Crippen MR) is 144 cm³/mol. The number of halogens is 2. The van der Waals surface area contributed by atoms with Crippen molar-refractivity contribution < 1.29 is 27.0 Å². The quantitative estimate of drug-likeness (QED) is 0.254. The van der Waals surface area contributed by atoms with E-state index in [0.29, 0.717) is 16.9 Å². The zero-order valence-electron chi connectivity index (χ0n) is 24.1. The lowest BCUT2D eigenvalue weighted by molar-refractivity contribution is -0.0507. The number of rotatable bonds is 5. The first-order valence-corrected chi connectivity index (χ1v) is 15.0. The van der Waals surface area contributed by atoms with Crippen LogP contribution in [0.15, 0.2) is 60.7 Å². The molecule has 6 nitrogen and oxygen atoms in total. The average molecular weight is 539 g/mol. The zero-order valence-corrected chi connectivity index (χ0v) is 22.0. The monoisotopic (exact) mass is 538 g/mol. The molecule has 0 fully saturated rings. The summed E-state index contributed by atoms with van der Waals surface area (Å²) in [5, 5.41) is 0. The lowest BCUT2D eigenvalue weighted by atomic mass is 9.97. The maximum Gasteiger partial charge on any atom is 0.387 e. The molecule has 196 valence electrons. The van der Waals surface area contributed by atoms with Crippen molar-refractivity contribution in [2.45, 2.75) is 37.7 Å². The van der Waals surface area contributed by atoms with E-state index in [4.69, 9.17) is 13.8 Å². The van der Waals surface area contributed by atoms with Crippen LogP contribution in [0.5, 0.6) is 5.75 Å². The van der Waals surface area contributed by atoms with Gasteiger partial charge in [0.2, 0.25) is 0 Å². The lowest BCUT2D eigenvalue weighted by Gasteiger charge is -2.24. The molecule has 0 saturated heterocycles. The summed E-state index contributed by atoms with van der Waals surface area (Å²) in [5.41, 5.74) is 4.21. The minimum absolute atomic E-state index is 0.0178. The molecule has 0 N–H and O–H groups in total. The average Bonchev–Trinajstić information content (AvgIpc) is 3.39. The van der Waals surface area contributed by atoms with E-state index in [9.17, 15) is 18.1 Å². The topological polar surface area (TPSA) is 64.4 Å². The number of imidazole rings is 1. The van der Waals surface area contributed by atoms with Crippen LogP contribution < -0.4 is 4.74 Å². The first-order chi connectivity index (χ1) is 19.3. The number of fused-ring (bicyclic) bond motifs is 9. The number of carbonyl (C=O) groups is 1. The molecule has 1 amide bonds. The van der Waals surface area contributed by atoms with Crippen LogP contribution in [0.3, 0.4) is 0 Å². The summed E-state index contributed by atoms with van der Waals surface area (Å²) < 4.78 is 70.6. The minimum Gasteiger partial charge on any atom is -0.434 e. The van der Waals surface area contributed by atoms with Crippen molar-refractivity contribution in [1.82, 2.24) is 14.5 Å². The Labute approximate surface area is 223 Å². The summed E-state index contributed by atoms with van der Waals surface area (Å²) in [6, 6.07) is 16.2. The molecule has 0 spiro atoms. The second kappa shape index (κ2) is 8.77. The Morgan fingerprint density at radius 1 is 1.08 bits per heavy atom. The highest BCUT2D eigenvalue weighted by Crippen LogP contribution is 2.53. The number of nitrogens with zero attached hydrogens (tertiary/aromatic N) is 3. The second-order valence-corrected chi connectivity index (χ2v) is 14.0. The second-order valence-electron chi connectivity index (χ2n) is 10.3. The molecule has 38 heavy (non-hydrogen) atoms. The third-order valence-electron chi connectivity index (χ3n) is 7.81. The van der Waals surface area contributed by atoms with Crippen LogP contribution in [-0.4, -0.2) is 47.3 Å². The molecule has 0 aliphatic carbocycles. The van der Waals surface area contributed by atoms with Crippen LogP contribution >= 0.6 is 7.14 Å². The molecule has 0 saturated carbocycles. The normalized spacial score (nSPS) is 20.9. The van der Waals surface area contributed by atoms with Crippen molar-refractivity contribution in [3.63, 3.8) is 0 Å². The highest BCUT2D eigenvalue weighted by Gasteiger charge is 2.45. The first-order valence-electron chi connectivity index (χ1n) is 13.8. The van der Waals surface area contributed by atoms with Crippen LogP contribution in [0.2, 0.25) is 0 Å². The molecule has 0 unspecified atom stereocenters. The number of hydrogen-bond acceptors (Lipinski definition) is 4.